The summed E-state index contributed by atoms with van der Waals surface area (Å²) in [5.41, 5.74) is 2.08. The van der Waals surface area contributed by atoms with E-state index in [1.54, 1.807) is 19.0 Å². The lowest BCUT2D eigenvalue weighted by atomic mass is 9.92. The van der Waals surface area contributed by atoms with Gasteiger partial charge in [-0.1, -0.05) is 32.9 Å². The number of guanidine groups is 1. The van der Waals surface area contributed by atoms with Crippen molar-refractivity contribution in [1.82, 2.24) is 15.5 Å². The molecule has 0 aromatic heterocycles. The molecule has 0 aliphatic heterocycles. The fraction of sp³-hybridized carbons (Fsp3) is 0.579. The number of nitrogens with zero attached hydrogens (tertiary/aromatic N) is 2. The number of hydrogen-bond acceptors (Lipinski definition) is 2. The molecule has 5 heteroatoms. The van der Waals surface area contributed by atoms with Gasteiger partial charge in [-0.05, 0) is 36.5 Å². The van der Waals surface area contributed by atoms with Crippen LogP contribution in [0.3, 0.4) is 0 Å². The van der Waals surface area contributed by atoms with Crippen molar-refractivity contribution in [3.63, 3.8) is 0 Å². The summed E-state index contributed by atoms with van der Waals surface area (Å²) in [6.07, 6.45) is 1.08. The third kappa shape index (κ3) is 7.49. The smallest absolute Gasteiger partial charge is 0.253 e. The maximum atomic E-state index is 11.9. The minimum atomic E-state index is 0.0160. The van der Waals surface area contributed by atoms with E-state index in [4.69, 9.17) is 0 Å². The summed E-state index contributed by atoms with van der Waals surface area (Å²) in [4.78, 5) is 18.1. The Hall–Kier alpha value is -2.04. The van der Waals surface area contributed by atoms with E-state index in [0.717, 1.165) is 31.0 Å². The maximum absolute atomic E-state index is 11.9. The SMILES string of the molecule is CCNC(=NCc1ccc(C(=O)N(C)C)cc1)NCCC(C)(C)C. The molecule has 0 fully saturated rings. The standard InChI is InChI=1S/C19H32N4O/c1-7-20-18(21-13-12-19(2,3)4)22-14-15-8-10-16(11-9-15)17(24)23(5)6/h8-11H,7,12-14H2,1-6H3,(H2,20,21,22). The van der Waals surface area contributed by atoms with Crippen LogP contribution in [0.1, 0.15) is 50.0 Å². The number of aliphatic imine (C=N–C) groups is 1. The molecule has 134 valence electrons. The molecule has 0 atom stereocenters. The molecule has 0 saturated heterocycles. The molecule has 0 radical (unpaired) electrons. The first-order valence-electron chi connectivity index (χ1n) is 8.55. The molecule has 1 rings (SSSR count). The van der Waals surface area contributed by atoms with Gasteiger partial charge in [-0.25, -0.2) is 4.99 Å². The molecule has 0 aliphatic rings. The highest BCUT2D eigenvalue weighted by molar-refractivity contribution is 5.93. The summed E-state index contributed by atoms with van der Waals surface area (Å²) in [6, 6.07) is 7.62. The van der Waals surface area contributed by atoms with E-state index in [1.807, 2.05) is 24.3 Å². The van der Waals surface area contributed by atoms with Crippen molar-refractivity contribution in [3.05, 3.63) is 35.4 Å². The summed E-state index contributed by atoms with van der Waals surface area (Å²) in [6.45, 7) is 11.1. The molecule has 0 heterocycles. The Balaban J connectivity index is 2.63. The third-order valence-electron chi connectivity index (χ3n) is 3.54. The monoisotopic (exact) mass is 332 g/mol. The fourth-order valence-electron chi connectivity index (χ4n) is 2.08. The van der Waals surface area contributed by atoms with Gasteiger partial charge in [0.1, 0.15) is 0 Å². The summed E-state index contributed by atoms with van der Waals surface area (Å²) >= 11 is 0. The molecule has 2 N–H and O–H groups in total. The number of benzene rings is 1. The van der Waals surface area contributed by atoms with Gasteiger partial charge in [0, 0.05) is 32.7 Å². The molecule has 0 bridgehead atoms. The number of rotatable bonds is 6. The van der Waals surface area contributed by atoms with E-state index in [0.29, 0.717) is 17.5 Å². The van der Waals surface area contributed by atoms with Crippen LogP contribution in [0.2, 0.25) is 0 Å². The van der Waals surface area contributed by atoms with Crippen molar-refractivity contribution >= 4 is 11.9 Å². The molecule has 0 unspecified atom stereocenters. The van der Waals surface area contributed by atoms with Crippen LogP contribution in [-0.2, 0) is 6.54 Å². The van der Waals surface area contributed by atoms with Crippen LogP contribution >= 0.6 is 0 Å². The Morgan fingerprint density at radius 3 is 2.25 bits per heavy atom. The highest BCUT2D eigenvalue weighted by Gasteiger charge is 2.10. The quantitative estimate of drug-likeness (QED) is 0.622. The van der Waals surface area contributed by atoms with E-state index < -0.39 is 0 Å². The molecule has 1 aromatic rings. The van der Waals surface area contributed by atoms with Crippen LogP contribution in [0.15, 0.2) is 29.3 Å². The summed E-state index contributed by atoms with van der Waals surface area (Å²) < 4.78 is 0. The van der Waals surface area contributed by atoms with Crippen molar-refractivity contribution in [2.24, 2.45) is 10.4 Å². The fourth-order valence-corrected chi connectivity index (χ4v) is 2.08. The second kappa shape index (κ2) is 9.30. The van der Waals surface area contributed by atoms with E-state index in [2.05, 4.69) is 43.3 Å². The lowest BCUT2D eigenvalue weighted by Gasteiger charge is -2.19. The number of carbonyl (C=O) groups is 1. The zero-order chi connectivity index (χ0) is 18.2. The van der Waals surface area contributed by atoms with Gasteiger partial charge in [-0.3, -0.25) is 4.79 Å². The highest BCUT2D eigenvalue weighted by Crippen LogP contribution is 2.16. The van der Waals surface area contributed by atoms with Gasteiger partial charge in [-0.2, -0.15) is 0 Å². The highest BCUT2D eigenvalue weighted by atomic mass is 16.2. The molecule has 5 nitrogen and oxygen atoms in total. The minimum absolute atomic E-state index is 0.0160. The summed E-state index contributed by atoms with van der Waals surface area (Å²) in [5, 5.41) is 6.63. The van der Waals surface area contributed by atoms with E-state index in [-0.39, 0.29) is 5.91 Å². The van der Waals surface area contributed by atoms with Crippen molar-refractivity contribution < 1.29 is 4.79 Å². The van der Waals surface area contributed by atoms with Crippen molar-refractivity contribution in [1.29, 1.82) is 0 Å². The van der Waals surface area contributed by atoms with E-state index >= 15 is 0 Å². The normalized spacial score (nSPS) is 12.0. The Morgan fingerprint density at radius 1 is 1.12 bits per heavy atom. The van der Waals surface area contributed by atoms with Gasteiger partial charge < -0.3 is 15.5 Å². The number of carbonyl (C=O) groups excluding carboxylic acids is 1. The van der Waals surface area contributed by atoms with Crippen LogP contribution in [0.5, 0.6) is 0 Å². The lowest BCUT2D eigenvalue weighted by Crippen LogP contribution is -2.38. The van der Waals surface area contributed by atoms with Gasteiger partial charge in [0.15, 0.2) is 5.96 Å². The Labute approximate surface area is 146 Å². The maximum Gasteiger partial charge on any atom is 0.253 e. The van der Waals surface area contributed by atoms with Crippen molar-refractivity contribution in [2.75, 3.05) is 27.2 Å². The van der Waals surface area contributed by atoms with Gasteiger partial charge >= 0.3 is 0 Å². The summed E-state index contributed by atoms with van der Waals surface area (Å²) in [5.74, 6) is 0.845. The minimum Gasteiger partial charge on any atom is -0.357 e. The zero-order valence-corrected chi connectivity index (χ0v) is 15.9. The molecule has 24 heavy (non-hydrogen) atoms. The van der Waals surface area contributed by atoms with Gasteiger partial charge in [0.2, 0.25) is 0 Å². The van der Waals surface area contributed by atoms with Crippen LogP contribution < -0.4 is 10.6 Å². The molecule has 0 aliphatic carbocycles. The van der Waals surface area contributed by atoms with Crippen molar-refractivity contribution in [2.45, 2.75) is 40.7 Å². The number of hydrogen-bond donors (Lipinski definition) is 2. The molecular formula is C19H32N4O. The average Bonchev–Trinajstić information content (AvgIpc) is 2.51. The third-order valence-corrected chi connectivity index (χ3v) is 3.54. The average molecular weight is 332 g/mol. The van der Waals surface area contributed by atoms with Gasteiger partial charge in [0.05, 0.1) is 6.54 Å². The largest absolute Gasteiger partial charge is 0.357 e. The first-order valence-corrected chi connectivity index (χ1v) is 8.55. The van der Waals surface area contributed by atoms with Crippen LogP contribution in [0.25, 0.3) is 0 Å². The topological polar surface area (TPSA) is 56.7 Å². The Morgan fingerprint density at radius 2 is 1.75 bits per heavy atom. The number of nitrogens with one attached hydrogen (secondary N) is 2. The van der Waals surface area contributed by atoms with E-state index in [1.165, 1.54) is 0 Å². The first kappa shape index (κ1) is 20.0. The van der Waals surface area contributed by atoms with Crippen molar-refractivity contribution in [3.8, 4) is 0 Å². The summed E-state index contributed by atoms with van der Waals surface area (Å²) in [7, 11) is 3.51. The van der Waals surface area contributed by atoms with Crippen LogP contribution in [0.4, 0.5) is 0 Å². The lowest BCUT2D eigenvalue weighted by molar-refractivity contribution is 0.0827. The molecule has 0 spiro atoms. The predicted octanol–water partition coefficient (Wildman–Crippen LogP) is 2.88. The molecule has 0 saturated carbocycles. The Bertz CT molecular complexity index is 541. The van der Waals surface area contributed by atoms with Gasteiger partial charge in [-0.15, -0.1) is 0 Å². The van der Waals surface area contributed by atoms with E-state index in [9.17, 15) is 4.79 Å². The second-order valence-electron chi connectivity index (χ2n) is 7.33. The Kier molecular flexibility index (Phi) is 7.75. The van der Waals surface area contributed by atoms with Crippen LogP contribution in [-0.4, -0.2) is 44.0 Å². The first-order chi connectivity index (χ1) is 11.2. The second-order valence-corrected chi connectivity index (χ2v) is 7.33. The zero-order valence-electron chi connectivity index (χ0n) is 15.9. The molecule has 1 aromatic carbocycles. The number of amides is 1. The van der Waals surface area contributed by atoms with Crippen LogP contribution in [0, 0.1) is 5.41 Å². The predicted molar refractivity (Wildman–Crippen MR) is 101 cm³/mol. The molecule has 1 amide bonds. The van der Waals surface area contributed by atoms with Gasteiger partial charge in [0.25, 0.3) is 5.91 Å². The molecular weight excluding hydrogens is 300 g/mol.